The Hall–Kier alpha value is -0.930. The minimum atomic E-state index is -0.176. The molecule has 1 saturated heterocycles. The van der Waals surface area contributed by atoms with Crippen molar-refractivity contribution in [3.63, 3.8) is 0 Å². The zero-order chi connectivity index (χ0) is 12.3. The maximum atomic E-state index is 13.7. The molecule has 0 aromatic heterocycles. The van der Waals surface area contributed by atoms with Crippen molar-refractivity contribution in [2.24, 2.45) is 5.92 Å². The summed E-state index contributed by atoms with van der Waals surface area (Å²) in [5.74, 6) is 0.422. The van der Waals surface area contributed by atoms with E-state index in [4.69, 9.17) is 4.74 Å². The van der Waals surface area contributed by atoms with Gasteiger partial charge in [0.2, 0.25) is 0 Å². The number of rotatable bonds is 3. The molecule has 0 aliphatic carbocycles. The van der Waals surface area contributed by atoms with Crippen molar-refractivity contribution in [1.82, 2.24) is 5.32 Å². The number of ether oxygens (including phenoxy) is 1. The first-order valence-corrected chi connectivity index (χ1v) is 6.27. The van der Waals surface area contributed by atoms with Crippen molar-refractivity contribution >= 4 is 0 Å². The molecule has 1 aromatic carbocycles. The third-order valence-electron chi connectivity index (χ3n) is 3.04. The van der Waals surface area contributed by atoms with Crippen LogP contribution in [0.25, 0.3) is 0 Å². The van der Waals surface area contributed by atoms with Crippen LogP contribution in [0.15, 0.2) is 24.3 Å². The van der Waals surface area contributed by atoms with E-state index in [-0.39, 0.29) is 18.0 Å². The van der Waals surface area contributed by atoms with Crippen molar-refractivity contribution < 1.29 is 9.13 Å². The monoisotopic (exact) mass is 237 g/mol. The Balaban J connectivity index is 2.04. The lowest BCUT2D eigenvalue weighted by molar-refractivity contribution is -0.0488. The lowest BCUT2D eigenvalue weighted by atomic mass is 10.0. The molecule has 0 amide bonds. The number of hydrogen-bond acceptors (Lipinski definition) is 2. The minimum Gasteiger partial charge on any atom is -0.368 e. The normalized spacial score (nSPS) is 25.2. The van der Waals surface area contributed by atoms with Crippen LogP contribution in [-0.2, 0) is 4.74 Å². The van der Waals surface area contributed by atoms with Crippen LogP contribution >= 0.6 is 0 Å². The number of benzene rings is 1. The number of halogens is 1. The van der Waals surface area contributed by atoms with Gasteiger partial charge in [-0.05, 0) is 18.4 Å². The van der Waals surface area contributed by atoms with E-state index >= 15 is 0 Å². The maximum absolute atomic E-state index is 13.7. The first kappa shape index (κ1) is 12.5. The molecule has 0 radical (unpaired) electrons. The highest BCUT2D eigenvalue weighted by molar-refractivity contribution is 5.20. The van der Waals surface area contributed by atoms with E-state index in [9.17, 15) is 4.39 Å². The molecule has 1 N–H and O–H groups in total. The largest absolute Gasteiger partial charge is 0.368 e. The van der Waals surface area contributed by atoms with Gasteiger partial charge < -0.3 is 10.1 Å². The molecule has 3 heteroatoms. The van der Waals surface area contributed by atoms with Gasteiger partial charge in [0, 0.05) is 18.7 Å². The summed E-state index contributed by atoms with van der Waals surface area (Å²) in [7, 11) is 0. The van der Waals surface area contributed by atoms with Gasteiger partial charge in [-0.25, -0.2) is 4.39 Å². The molecule has 2 atom stereocenters. The summed E-state index contributed by atoms with van der Waals surface area (Å²) in [5.41, 5.74) is 0.661. The van der Waals surface area contributed by atoms with Crippen LogP contribution in [0.5, 0.6) is 0 Å². The number of hydrogen-bond donors (Lipinski definition) is 1. The molecule has 1 aliphatic rings. The number of morpholine rings is 1. The highest BCUT2D eigenvalue weighted by Gasteiger charge is 2.25. The van der Waals surface area contributed by atoms with Crippen LogP contribution in [-0.4, -0.2) is 19.2 Å². The second kappa shape index (κ2) is 5.61. The summed E-state index contributed by atoms with van der Waals surface area (Å²) in [6.45, 7) is 5.91. The molecule has 2 rings (SSSR count). The third kappa shape index (κ3) is 3.27. The van der Waals surface area contributed by atoms with Crippen LogP contribution in [0.2, 0.25) is 0 Å². The predicted octanol–water partition coefficient (Wildman–Crippen LogP) is 2.90. The Kier molecular flexibility index (Phi) is 4.13. The van der Waals surface area contributed by atoms with Gasteiger partial charge in [0.05, 0.1) is 12.2 Å². The van der Waals surface area contributed by atoms with Crippen molar-refractivity contribution in [3.05, 3.63) is 35.6 Å². The van der Waals surface area contributed by atoms with E-state index < -0.39 is 0 Å². The Morgan fingerprint density at radius 3 is 2.82 bits per heavy atom. The summed E-state index contributed by atoms with van der Waals surface area (Å²) in [6.07, 6.45) is 1.04. The molecular weight excluding hydrogens is 217 g/mol. The minimum absolute atomic E-state index is 0.159. The fourth-order valence-corrected chi connectivity index (χ4v) is 2.29. The Morgan fingerprint density at radius 1 is 1.35 bits per heavy atom. The SMILES string of the molecule is CC(C)CC1CNCC(c2ccccc2F)O1. The maximum Gasteiger partial charge on any atom is 0.129 e. The van der Waals surface area contributed by atoms with Gasteiger partial charge in [-0.3, -0.25) is 0 Å². The predicted molar refractivity (Wildman–Crippen MR) is 66.3 cm³/mol. The van der Waals surface area contributed by atoms with E-state index in [1.807, 2.05) is 6.07 Å². The summed E-state index contributed by atoms with van der Waals surface area (Å²) in [5, 5.41) is 3.32. The summed E-state index contributed by atoms with van der Waals surface area (Å²) in [4.78, 5) is 0. The molecule has 1 aromatic rings. The molecule has 1 heterocycles. The third-order valence-corrected chi connectivity index (χ3v) is 3.04. The average molecular weight is 237 g/mol. The molecular formula is C14H20FNO. The lowest BCUT2D eigenvalue weighted by Gasteiger charge is -2.32. The zero-order valence-electron chi connectivity index (χ0n) is 10.4. The molecule has 17 heavy (non-hydrogen) atoms. The van der Waals surface area contributed by atoms with Crippen molar-refractivity contribution in [2.45, 2.75) is 32.5 Å². The van der Waals surface area contributed by atoms with Gasteiger partial charge >= 0.3 is 0 Å². The van der Waals surface area contributed by atoms with Crippen molar-refractivity contribution in [1.29, 1.82) is 0 Å². The number of nitrogens with one attached hydrogen (secondary N) is 1. The molecule has 0 saturated carbocycles. The standard InChI is InChI=1S/C14H20FNO/c1-10(2)7-11-8-16-9-14(17-11)12-5-3-4-6-13(12)15/h3-6,10-11,14,16H,7-9H2,1-2H3. The zero-order valence-corrected chi connectivity index (χ0v) is 10.4. The fourth-order valence-electron chi connectivity index (χ4n) is 2.29. The van der Waals surface area contributed by atoms with Gasteiger partial charge in [0.1, 0.15) is 5.82 Å². The van der Waals surface area contributed by atoms with Crippen LogP contribution in [0, 0.1) is 11.7 Å². The molecule has 2 nitrogen and oxygen atoms in total. The lowest BCUT2D eigenvalue weighted by Crippen LogP contribution is -2.41. The van der Waals surface area contributed by atoms with Gasteiger partial charge in [-0.2, -0.15) is 0 Å². The topological polar surface area (TPSA) is 21.3 Å². The summed E-state index contributed by atoms with van der Waals surface area (Å²) in [6, 6.07) is 6.86. The van der Waals surface area contributed by atoms with Crippen molar-refractivity contribution in [2.75, 3.05) is 13.1 Å². The van der Waals surface area contributed by atoms with Gasteiger partial charge in [-0.1, -0.05) is 32.0 Å². The van der Waals surface area contributed by atoms with Gasteiger partial charge in [0.15, 0.2) is 0 Å². The van der Waals surface area contributed by atoms with Crippen LogP contribution in [0.1, 0.15) is 31.9 Å². The molecule has 2 unspecified atom stereocenters. The van der Waals surface area contributed by atoms with E-state index in [1.54, 1.807) is 12.1 Å². The first-order chi connectivity index (χ1) is 8.16. The van der Waals surface area contributed by atoms with E-state index in [1.165, 1.54) is 6.07 Å². The summed E-state index contributed by atoms with van der Waals surface area (Å²) >= 11 is 0. The highest BCUT2D eigenvalue weighted by atomic mass is 19.1. The van der Waals surface area contributed by atoms with Gasteiger partial charge in [0.25, 0.3) is 0 Å². The fraction of sp³-hybridized carbons (Fsp3) is 0.571. The highest BCUT2D eigenvalue weighted by Crippen LogP contribution is 2.25. The second-order valence-electron chi connectivity index (χ2n) is 5.06. The molecule has 1 aliphatic heterocycles. The van der Waals surface area contributed by atoms with Crippen LogP contribution in [0.4, 0.5) is 4.39 Å². The first-order valence-electron chi connectivity index (χ1n) is 6.27. The van der Waals surface area contributed by atoms with Crippen molar-refractivity contribution in [3.8, 4) is 0 Å². The van der Waals surface area contributed by atoms with Crippen LogP contribution in [0.3, 0.4) is 0 Å². The Morgan fingerprint density at radius 2 is 2.12 bits per heavy atom. The average Bonchev–Trinajstić information content (AvgIpc) is 2.29. The van der Waals surface area contributed by atoms with E-state index in [0.29, 0.717) is 18.0 Å². The molecule has 0 bridgehead atoms. The van der Waals surface area contributed by atoms with E-state index in [2.05, 4.69) is 19.2 Å². The molecule has 94 valence electrons. The molecule has 1 fully saturated rings. The van der Waals surface area contributed by atoms with E-state index in [0.717, 1.165) is 13.0 Å². The Labute approximate surface area is 102 Å². The van der Waals surface area contributed by atoms with Crippen LogP contribution < -0.4 is 5.32 Å². The quantitative estimate of drug-likeness (QED) is 0.872. The van der Waals surface area contributed by atoms with Gasteiger partial charge in [-0.15, -0.1) is 0 Å². The second-order valence-corrected chi connectivity index (χ2v) is 5.06. The summed E-state index contributed by atoms with van der Waals surface area (Å²) < 4.78 is 19.6. The Bertz CT molecular complexity index is 367. The smallest absolute Gasteiger partial charge is 0.129 e. The molecule has 0 spiro atoms.